The first kappa shape index (κ1) is 52.1. The van der Waals surface area contributed by atoms with Crippen LogP contribution in [0.25, 0.3) is 0 Å². The molecule has 0 spiro atoms. The standard InChI is InChI=1S/C58H54ClN7O7S2/c1-57(2,3)73-56(70)61-36-34-42-44(31-20-35-60-42)74-45-33-32-43-46(53(68)66(43)49(45)54(69)72-50(37-21-10-5-11-22-37)38-23-12-6-13-24-38)62-52(67)48(65-71-4)47-51(59)75-55(63-47)64-58(39-25-14-7-15-26-39,40-27-16-8-17-28-40)41-29-18-9-19-30-41/h5-31,35,43,46,50H,32-34,36H2,1-4H3,(H,61,70)(H,62,67)(H,63,64)/t43-,46+/m1/s1. The molecule has 17 heteroatoms. The van der Waals surface area contributed by atoms with E-state index in [2.05, 4.69) is 26.1 Å². The number of carbonyl (C=O) groups excluding carboxylic acids is 4. The quantitative estimate of drug-likeness (QED) is 0.0245. The molecule has 1 saturated heterocycles. The molecule has 0 bridgehead atoms. The number of aromatic nitrogens is 2. The average molecular weight is 1060 g/mol. The number of nitrogens with zero attached hydrogens (tertiary/aromatic N) is 4. The number of alkyl carbamates (subject to hydrolysis) is 1. The van der Waals surface area contributed by atoms with Crippen LogP contribution in [0, 0.1) is 0 Å². The van der Waals surface area contributed by atoms with E-state index in [4.69, 9.17) is 30.9 Å². The predicted molar refractivity (Wildman–Crippen MR) is 291 cm³/mol. The van der Waals surface area contributed by atoms with Crippen LogP contribution in [0.1, 0.15) is 78.9 Å². The number of rotatable bonds is 18. The lowest BCUT2D eigenvalue weighted by molar-refractivity contribution is -0.158. The van der Waals surface area contributed by atoms with E-state index in [9.17, 15) is 19.2 Å². The van der Waals surface area contributed by atoms with Crippen LogP contribution in [0.5, 0.6) is 0 Å². The number of halogens is 1. The number of pyridine rings is 1. The molecule has 4 heterocycles. The van der Waals surface area contributed by atoms with Gasteiger partial charge in [0, 0.05) is 29.0 Å². The smallest absolute Gasteiger partial charge is 0.407 e. The molecule has 0 saturated carbocycles. The van der Waals surface area contributed by atoms with Gasteiger partial charge in [-0.15, -0.1) is 0 Å². The summed E-state index contributed by atoms with van der Waals surface area (Å²) >= 11 is 9.43. The third kappa shape index (κ3) is 11.6. The van der Waals surface area contributed by atoms with Crippen LogP contribution in [0.15, 0.2) is 191 Å². The van der Waals surface area contributed by atoms with Crippen LogP contribution in [0.3, 0.4) is 0 Å². The zero-order valence-electron chi connectivity index (χ0n) is 41.6. The van der Waals surface area contributed by atoms with Crippen molar-refractivity contribution in [1.29, 1.82) is 0 Å². The number of allylic oxidation sites excluding steroid dienone is 1. The molecule has 7 aromatic rings. The summed E-state index contributed by atoms with van der Waals surface area (Å²) in [6, 6.07) is 50.7. The number of β-lactam (4-membered cyclic amide) rings is 1. The van der Waals surface area contributed by atoms with Gasteiger partial charge in [0.2, 0.25) is 0 Å². The van der Waals surface area contributed by atoms with E-state index < -0.39 is 53.2 Å². The Bertz CT molecular complexity index is 3080. The van der Waals surface area contributed by atoms with Gasteiger partial charge in [-0.2, -0.15) is 0 Å². The number of anilines is 1. The SMILES string of the molecule is CON=C(C(=O)N[C@@H]1C(=O)N2C(C(=O)OC(c3ccccc3)c3ccccc3)=C(Sc3cccnc3CCNC(=O)OC(C)(C)C)CC[C@H]12)c1nc(NC(c2ccccc2)(c2ccccc2)c2ccccc2)sc1Cl. The maximum absolute atomic E-state index is 14.9. The van der Waals surface area contributed by atoms with Gasteiger partial charge in [0.15, 0.2) is 16.9 Å². The molecule has 382 valence electrons. The lowest BCUT2D eigenvalue weighted by Gasteiger charge is -2.50. The van der Waals surface area contributed by atoms with Crippen molar-refractivity contribution in [3.63, 3.8) is 0 Å². The second-order valence-corrected chi connectivity index (χ2v) is 21.3. The molecule has 0 aliphatic carbocycles. The molecule has 0 radical (unpaired) electrons. The summed E-state index contributed by atoms with van der Waals surface area (Å²) in [5.41, 5.74) is 3.19. The highest BCUT2D eigenvalue weighted by Crippen LogP contribution is 2.46. The normalized spacial score (nSPS) is 15.6. The first-order valence-corrected chi connectivity index (χ1v) is 26.3. The van der Waals surface area contributed by atoms with Crippen LogP contribution in [0.2, 0.25) is 4.34 Å². The largest absolute Gasteiger partial charge is 0.448 e. The van der Waals surface area contributed by atoms with Crippen LogP contribution in [-0.2, 0) is 40.7 Å². The molecule has 0 unspecified atom stereocenters. The van der Waals surface area contributed by atoms with Gasteiger partial charge >= 0.3 is 12.1 Å². The van der Waals surface area contributed by atoms with Crippen molar-refractivity contribution in [2.24, 2.45) is 5.16 Å². The molecule has 75 heavy (non-hydrogen) atoms. The topological polar surface area (TPSA) is 173 Å². The molecule has 3 N–H and O–H groups in total. The summed E-state index contributed by atoms with van der Waals surface area (Å²) in [5.74, 6) is -2.00. The number of esters is 1. The zero-order valence-corrected chi connectivity index (χ0v) is 44.0. The number of ether oxygens (including phenoxy) is 2. The van der Waals surface area contributed by atoms with Gasteiger partial charge in [-0.1, -0.05) is 192 Å². The summed E-state index contributed by atoms with van der Waals surface area (Å²) in [6.45, 7) is 5.62. The summed E-state index contributed by atoms with van der Waals surface area (Å²) < 4.78 is 12.0. The Kier molecular flexibility index (Phi) is 16.1. The number of amides is 3. The van der Waals surface area contributed by atoms with Crippen molar-refractivity contribution in [2.75, 3.05) is 19.0 Å². The molecular formula is C58H54ClN7O7S2. The fraction of sp³-hybridized carbons (Fsp3) is 0.224. The Balaban J connectivity index is 1.00. The van der Waals surface area contributed by atoms with Crippen molar-refractivity contribution in [3.8, 4) is 0 Å². The minimum absolute atomic E-state index is 0.0446. The lowest BCUT2D eigenvalue weighted by atomic mass is 9.77. The molecule has 2 aliphatic rings. The first-order chi connectivity index (χ1) is 36.3. The molecule has 3 amide bonds. The van der Waals surface area contributed by atoms with Crippen molar-refractivity contribution < 1.29 is 33.5 Å². The molecule has 2 aromatic heterocycles. The van der Waals surface area contributed by atoms with Gasteiger partial charge in [-0.05, 0) is 73.6 Å². The number of carbonyl (C=O) groups is 4. The number of hydrogen-bond acceptors (Lipinski definition) is 13. The number of thioether (sulfide) groups is 1. The summed E-state index contributed by atoms with van der Waals surface area (Å²) in [5, 5.41) is 13.9. The Morgan fingerprint density at radius 3 is 1.92 bits per heavy atom. The van der Waals surface area contributed by atoms with Crippen molar-refractivity contribution in [1.82, 2.24) is 25.5 Å². The molecule has 2 aliphatic heterocycles. The molecule has 5 aromatic carbocycles. The van der Waals surface area contributed by atoms with Crippen LogP contribution < -0.4 is 16.0 Å². The molecule has 1 fully saturated rings. The Hall–Kier alpha value is -7.79. The second kappa shape index (κ2) is 23.2. The van der Waals surface area contributed by atoms with E-state index in [0.29, 0.717) is 35.0 Å². The Morgan fingerprint density at radius 2 is 1.37 bits per heavy atom. The number of fused-ring (bicyclic) bond motifs is 1. The highest BCUT2D eigenvalue weighted by Gasteiger charge is 2.54. The average Bonchev–Trinajstić information content (AvgIpc) is 3.84. The van der Waals surface area contributed by atoms with Crippen molar-refractivity contribution in [2.45, 2.75) is 74.3 Å². The zero-order chi connectivity index (χ0) is 52.5. The number of nitrogens with one attached hydrogen (secondary N) is 3. The molecular weight excluding hydrogens is 1010 g/mol. The maximum Gasteiger partial charge on any atom is 0.407 e. The Labute approximate surface area is 448 Å². The van der Waals surface area contributed by atoms with Crippen LogP contribution in [-0.4, -0.2) is 75.8 Å². The van der Waals surface area contributed by atoms with Gasteiger partial charge in [0.25, 0.3) is 11.8 Å². The number of benzene rings is 5. The van der Waals surface area contributed by atoms with E-state index in [-0.39, 0.29) is 28.0 Å². The van der Waals surface area contributed by atoms with E-state index in [1.807, 2.05) is 158 Å². The predicted octanol–water partition coefficient (Wildman–Crippen LogP) is 10.8. The molecule has 9 rings (SSSR count). The maximum atomic E-state index is 14.9. The number of thiazole rings is 1. The monoisotopic (exact) mass is 1060 g/mol. The highest BCUT2D eigenvalue weighted by atomic mass is 35.5. The lowest BCUT2D eigenvalue weighted by Crippen LogP contribution is -2.72. The fourth-order valence-corrected chi connectivity index (χ4v) is 11.5. The minimum atomic E-state index is -1.06. The summed E-state index contributed by atoms with van der Waals surface area (Å²) in [7, 11) is 1.31. The van der Waals surface area contributed by atoms with Crippen molar-refractivity contribution in [3.05, 3.63) is 224 Å². The highest BCUT2D eigenvalue weighted by molar-refractivity contribution is 8.03. The second-order valence-electron chi connectivity index (χ2n) is 18.6. The van der Waals surface area contributed by atoms with Gasteiger partial charge in [-0.3, -0.25) is 19.5 Å². The number of hydrogen-bond donors (Lipinski definition) is 3. The van der Waals surface area contributed by atoms with Gasteiger partial charge < -0.3 is 30.3 Å². The first-order valence-electron chi connectivity index (χ1n) is 24.3. The van der Waals surface area contributed by atoms with E-state index in [1.165, 1.54) is 23.8 Å². The third-order valence-corrected chi connectivity index (χ3v) is 14.9. The van der Waals surface area contributed by atoms with Crippen LogP contribution >= 0.6 is 34.7 Å². The van der Waals surface area contributed by atoms with Gasteiger partial charge in [0.05, 0.1) is 11.7 Å². The summed E-state index contributed by atoms with van der Waals surface area (Å²) in [6.07, 6.45) is 1.39. The minimum Gasteiger partial charge on any atom is -0.448 e. The Morgan fingerprint density at radius 1 is 0.813 bits per heavy atom. The number of oxime groups is 1. The molecule has 2 atom stereocenters. The van der Waals surface area contributed by atoms with Crippen molar-refractivity contribution >= 4 is 69.4 Å². The van der Waals surface area contributed by atoms with Crippen LogP contribution in [0.4, 0.5) is 9.93 Å². The molecule has 14 nitrogen and oxygen atoms in total. The van der Waals surface area contributed by atoms with E-state index in [0.717, 1.165) is 44.0 Å². The third-order valence-electron chi connectivity index (χ3n) is 12.5. The fourth-order valence-electron chi connectivity index (χ4n) is 9.23. The summed E-state index contributed by atoms with van der Waals surface area (Å²) in [4.78, 5) is 74.1. The van der Waals surface area contributed by atoms with E-state index in [1.54, 1.807) is 33.0 Å². The van der Waals surface area contributed by atoms with E-state index >= 15 is 0 Å². The van der Waals surface area contributed by atoms with Gasteiger partial charge in [0.1, 0.15) is 40.0 Å². The van der Waals surface area contributed by atoms with Gasteiger partial charge in [-0.25, -0.2) is 14.6 Å².